The normalized spacial score (nSPS) is 12.6. The van der Waals surface area contributed by atoms with Crippen molar-refractivity contribution >= 4 is 31.8 Å². The maximum atomic E-state index is 11.3. The largest absolute Gasteiger partial charge is 0.238 e. The summed E-state index contributed by atoms with van der Waals surface area (Å²) in [6.07, 6.45) is 0. The molecule has 0 aromatic heterocycles. The fourth-order valence-corrected chi connectivity index (χ4v) is 3.10. The molecule has 0 amide bonds. The molecule has 96 valence electrons. The zero-order chi connectivity index (χ0) is 13.3. The summed E-state index contributed by atoms with van der Waals surface area (Å²) < 4.78 is 46.7. The molecule has 17 heavy (non-hydrogen) atoms. The highest BCUT2D eigenvalue weighted by atomic mass is 35.5. The van der Waals surface area contributed by atoms with Gasteiger partial charge in [-0.05, 0) is 35.9 Å². The maximum absolute atomic E-state index is 11.3. The molecule has 0 saturated carbocycles. The molecule has 0 atom stereocenters. The number of rotatable bonds is 4. The minimum atomic E-state index is -3.97. The zero-order valence-electron chi connectivity index (χ0n) is 8.84. The molecule has 0 spiro atoms. The van der Waals surface area contributed by atoms with Crippen molar-refractivity contribution in [3.05, 3.63) is 29.3 Å². The molecule has 1 aromatic carbocycles. The van der Waals surface area contributed by atoms with Crippen molar-refractivity contribution in [3.63, 3.8) is 0 Å². The Morgan fingerprint density at radius 2 is 1.88 bits per heavy atom. The van der Waals surface area contributed by atoms with Gasteiger partial charge in [0.15, 0.2) is 0 Å². The van der Waals surface area contributed by atoms with Gasteiger partial charge in [-0.15, -0.1) is 4.24 Å². The van der Waals surface area contributed by atoms with Crippen molar-refractivity contribution in [3.8, 4) is 0 Å². The third kappa shape index (κ3) is 3.93. The lowest BCUT2D eigenvalue weighted by Gasteiger charge is -2.08. The van der Waals surface area contributed by atoms with Gasteiger partial charge in [0.05, 0.1) is 10.6 Å². The third-order valence-electron chi connectivity index (χ3n) is 1.99. The van der Waals surface area contributed by atoms with Crippen LogP contribution >= 0.6 is 11.8 Å². The smallest absolute Gasteiger partial charge is 0.225 e. The molecule has 0 radical (unpaired) electrons. The average Bonchev–Trinajstić information content (AvgIpc) is 2.19. The molecule has 0 aliphatic heterocycles. The Kier molecular flexibility index (Phi) is 4.15. The number of primary sulfonamides is 1. The van der Waals surface area contributed by atoms with E-state index in [1.165, 1.54) is 12.1 Å². The molecule has 0 aliphatic rings. The van der Waals surface area contributed by atoms with Crippen molar-refractivity contribution in [2.24, 2.45) is 5.14 Å². The summed E-state index contributed by atoms with van der Waals surface area (Å²) in [5.74, 6) is -0.553. The number of hydrogen-bond acceptors (Lipinski definition) is 4. The van der Waals surface area contributed by atoms with Crippen LogP contribution in [0.3, 0.4) is 0 Å². The molecule has 0 fully saturated rings. The van der Waals surface area contributed by atoms with E-state index >= 15 is 0 Å². The van der Waals surface area contributed by atoms with Crippen LogP contribution in [0.1, 0.15) is 11.1 Å². The summed E-state index contributed by atoms with van der Waals surface area (Å²) in [6.45, 7) is 1.67. The van der Waals surface area contributed by atoms with Crippen molar-refractivity contribution in [2.45, 2.75) is 17.6 Å². The second-order valence-corrected chi connectivity index (χ2v) is 7.16. The molecular formula is C8H11ClN2O4S2. The number of sulfonamides is 2. The first-order valence-corrected chi connectivity index (χ1v) is 7.96. The standard InChI is InChI=1S/C8H11ClN2O4S2/c1-6-2-3-7(5-16(12,13)11-9)8(4-6)17(10,14)15/h2-4,11H,5H2,1H3,(H2,10,14,15). The van der Waals surface area contributed by atoms with E-state index in [0.717, 1.165) is 0 Å². The highest BCUT2D eigenvalue weighted by molar-refractivity contribution is 7.90. The van der Waals surface area contributed by atoms with Crippen LogP contribution in [-0.2, 0) is 25.8 Å². The number of nitrogens with two attached hydrogens (primary N) is 1. The fourth-order valence-electron chi connectivity index (χ4n) is 1.28. The van der Waals surface area contributed by atoms with Gasteiger partial charge in [-0.1, -0.05) is 12.1 Å². The van der Waals surface area contributed by atoms with E-state index in [-0.39, 0.29) is 10.5 Å². The van der Waals surface area contributed by atoms with Gasteiger partial charge in [-0.2, -0.15) is 0 Å². The Bertz CT molecular complexity index is 625. The molecule has 3 N–H and O–H groups in total. The number of benzene rings is 1. The molecule has 0 aliphatic carbocycles. The minimum Gasteiger partial charge on any atom is -0.225 e. The first-order valence-electron chi connectivity index (χ1n) is 4.38. The predicted octanol–water partition coefficient (Wildman–Crippen LogP) is 0.216. The van der Waals surface area contributed by atoms with Gasteiger partial charge in [0.1, 0.15) is 0 Å². The van der Waals surface area contributed by atoms with Crippen LogP contribution in [0.25, 0.3) is 0 Å². The molecule has 0 heterocycles. The Hall–Kier alpha value is -0.670. The van der Waals surface area contributed by atoms with Gasteiger partial charge in [0.2, 0.25) is 20.0 Å². The topological polar surface area (TPSA) is 106 Å². The summed E-state index contributed by atoms with van der Waals surface area (Å²) in [4.78, 5) is -0.215. The highest BCUT2D eigenvalue weighted by Gasteiger charge is 2.19. The van der Waals surface area contributed by atoms with Crippen LogP contribution in [0.4, 0.5) is 0 Å². The summed E-state index contributed by atoms with van der Waals surface area (Å²) in [6, 6.07) is 4.29. The SMILES string of the molecule is Cc1ccc(CS(=O)(=O)NCl)c(S(N)(=O)=O)c1. The third-order valence-corrected chi connectivity index (χ3v) is 4.62. The maximum Gasteiger partial charge on any atom is 0.238 e. The summed E-state index contributed by atoms with van der Waals surface area (Å²) in [5.41, 5.74) is 0.736. The van der Waals surface area contributed by atoms with Crippen molar-refractivity contribution < 1.29 is 16.8 Å². The second kappa shape index (κ2) is 4.91. The van der Waals surface area contributed by atoms with Crippen molar-refractivity contribution in [1.82, 2.24) is 4.24 Å². The predicted molar refractivity (Wildman–Crippen MR) is 64.2 cm³/mol. The molecule has 0 unspecified atom stereocenters. The van der Waals surface area contributed by atoms with Gasteiger partial charge in [-0.25, -0.2) is 22.0 Å². The Labute approximate surface area is 105 Å². The van der Waals surface area contributed by atoms with Gasteiger partial charge < -0.3 is 0 Å². The number of hydrogen-bond donors (Lipinski definition) is 2. The monoisotopic (exact) mass is 298 g/mol. The van der Waals surface area contributed by atoms with Crippen LogP contribution in [-0.4, -0.2) is 16.8 Å². The van der Waals surface area contributed by atoms with Crippen LogP contribution < -0.4 is 9.38 Å². The van der Waals surface area contributed by atoms with Crippen molar-refractivity contribution in [1.29, 1.82) is 0 Å². The van der Waals surface area contributed by atoms with Gasteiger partial charge >= 0.3 is 0 Å². The van der Waals surface area contributed by atoms with E-state index in [9.17, 15) is 16.8 Å². The van der Waals surface area contributed by atoms with E-state index < -0.39 is 25.8 Å². The van der Waals surface area contributed by atoms with Crippen LogP contribution in [0.2, 0.25) is 0 Å². The molecule has 1 rings (SSSR count). The van der Waals surface area contributed by atoms with E-state index in [2.05, 4.69) is 0 Å². The van der Waals surface area contributed by atoms with Crippen molar-refractivity contribution in [2.75, 3.05) is 0 Å². The summed E-state index contributed by atoms with van der Waals surface area (Å²) in [5, 5.41) is 5.01. The lowest BCUT2D eigenvalue weighted by Crippen LogP contribution is -2.20. The number of halogens is 1. The summed E-state index contributed by atoms with van der Waals surface area (Å²) >= 11 is 5.02. The minimum absolute atomic E-state index is 0.0752. The zero-order valence-corrected chi connectivity index (χ0v) is 11.2. The van der Waals surface area contributed by atoms with E-state index in [0.29, 0.717) is 5.56 Å². The van der Waals surface area contributed by atoms with Crippen LogP contribution in [0, 0.1) is 6.92 Å². The first kappa shape index (κ1) is 14.4. The lowest BCUT2D eigenvalue weighted by atomic mass is 10.2. The van der Waals surface area contributed by atoms with Crippen LogP contribution in [0.15, 0.2) is 23.1 Å². The molecule has 0 saturated heterocycles. The van der Waals surface area contributed by atoms with Gasteiger partial charge in [-0.3, -0.25) is 0 Å². The van der Waals surface area contributed by atoms with Gasteiger partial charge in [0, 0.05) is 0 Å². The molecule has 6 nitrogen and oxygen atoms in total. The lowest BCUT2D eigenvalue weighted by molar-refractivity contribution is 0.591. The number of nitrogens with one attached hydrogen (secondary N) is 1. The van der Waals surface area contributed by atoms with Gasteiger partial charge in [0.25, 0.3) is 0 Å². The molecule has 9 heteroatoms. The average molecular weight is 299 g/mol. The van der Waals surface area contributed by atoms with E-state index in [1.807, 2.05) is 0 Å². The first-order chi connectivity index (χ1) is 7.65. The quantitative estimate of drug-likeness (QED) is 0.775. The van der Waals surface area contributed by atoms with E-state index in [4.69, 9.17) is 16.9 Å². The van der Waals surface area contributed by atoms with Crippen LogP contribution in [0.5, 0.6) is 0 Å². The fraction of sp³-hybridized carbons (Fsp3) is 0.250. The molecule has 0 bridgehead atoms. The summed E-state index contributed by atoms with van der Waals surface area (Å²) in [7, 11) is -7.74. The highest BCUT2D eigenvalue weighted by Crippen LogP contribution is 2.18. The Morgan fingerprint density at radius 3 is 2.35 bits per heavy atom. The Balaban J connectivity index is 3.36. The second-order valence-electron chi connectivity index (χ2n) is 3.49. The number of aryl methyl sites for hydroxylation is 1. The molecule has 1 aromatic rings. The molecular weight excluding hydrogens is 288 g/mol. The Morgan fingerprint density at radius 1 is 1.29 bits per heavy atom. The van der Waals surface area contributed by atoms with E-state index in [1.54, 1.807) is 17.2 Å².